The van der Waals surface area contributed by atoms with Crippen molar-refractivity contribution in [3.63, 3.8) is 0 Å². The van der Waals surface area contributed by atoms with Gasteiger partial charge < -0.3 is 9.15 Å². The average Bonchev–Trinajstić information content (AvgIpc) is 3.06. The van der Waals surface area contributed by atoms with Gasteiger partial charge >= 0.3 is 5.97 Å². The van der Waals surface area contributed by atoms with Gasteiger partial charge in [0.25, 0.3) is 0 Å². The van der Waals surface area contributed by atoms with E-state index in [0.29, 0.717) is 12.3 Å². The van der Waals surface area contributed by atoms with E-state index >= 15 is 0 Å². The highest BCUT2D eigenvalue weighted by Crippen LogP contribution is 2.14. The van der Waals surface area contributed by atoms with Crippen LogP contribution in [-0.4, -0.2) is 28.1 Å². The van der Waals surface area contributed by atoms with Crippen molar-refractivity contribution in [2.24, 2.45) is 0 Å². The van der Waals surface area contributed by atoms with Crippen LogP contribution in [0, 0.1) is 0 Å². The number of rotatable bonds is 3. The van der Waals surface area contributed by atoms with Crippen molar-refractivity contribution < 1.29 is 13.9 Å². The van der Waals surface area contributed by atoms with Crippen LogP contribution in [0.25, 0.3) is 11.0 Å². The fourth-order valence-corrected chi connectivity index (χ4v) is 1.85. The van der Waals surface area contributed by atoms with Crippen molar-refractivity contribution in [3.8, 4) is 0 Å². The first-order valence-electron chi connectivity index (χ1n) is 5.73. The number of furan rings is 1. The van der Waals surface area contributed by atoms with Gasteiger partial charge in [-0.3, -0.25) is 0 Å². The molecule has 0 unspecified atom stereocenters. The van der Waals surface area contributed by atoms with E-state index in [4.69, 9.17) is 4.42 Å². The van der Waals surface area contributed by atoms with Crippen molar-refractivity contribution in [2.75, 3.05) is 7.11 Å². The fraction of sp³-hybridized carbons (Fsp3) is 0.154. The zero-order chi connectivity index (χ0) is 13.2. The summed E-state index contributed by atoms with van der Waals surface area (Å²) in [4.78, 5) is 11.3. The maximum Gasteiger partial charge on any atom is 0.373 e. The van der Waals surface area contributed by atoms with E-state index in [1.165, 1.54) is 7.11 Å². The van der Waals surface area contributed by atoms with Crippen LogP contribution >= 0.6 is 0 Å². The molecule has 19 heavy (non-hydrogen) atoms. The lowest BCUT2D eigenvalue weighted by molar-refractivity contribution is 0.0563. The summed E-state index contributed by atoms with van der Waals surface area (Å²) in [5.41, 5.74) is 1.74. The minimum Gasteiger partial charge on any atom is -0.463 e. The summed E-state index contributed by atoms with van der Waals surface area (Å²) in [5, 5.41) is 8.11. The molecule has 0 bridgehead atoms. The number of ether oxygens (including phenoxy) is 1. The number of methoxy groups -OCH3 is 1. The van der Waals surface area contributed by atoms with Gasteiger partial charge in [0.05, 0.1) is 12.6 Å². The molecule has 1 aromatic carbocycles. The molecule has 0 saturated carbocycles. The van der Waals surface area contributed by atoms with Crippen molar-refractivity contribution >= 4 is 17.0 Å². The molecule has 0 spiro atoms. The predicted octanol–water partition coefficient (Wildman–Crippen LogP) is 1.86. The second-order valence-corrected chi connectivity index (χ2v) is 3.99. The van der Waals surface area contributed by atoms with Gasteiger partial charge in [0.15, 0.2) is 0 Å². The topological polar surface area (TPSA) is 70.2 Å². The number of esters is 1. The van der Waals surface area contributed by atoms with E-state index in [1.54, 1.807) is 16.8 Å². The smallest absolute Gasteiger partial charge is 0.373 e. The summed E-state index contributed by atoms with van der Waals surface area (Å²) >= 11 is 0. The Bertz CT molecular complexity index is 729. The van der Waals surface area contributed by atoms with Crippen LogP contribution < -0.4 is 0 Å². The van der Waals surface area contributed by atoms with E-state index in [0.717, 1.165) is 11.0 Å². The first kappa shape index (κ1) is 11.5. The predicted molar refractivity (Wildman–Crippen MR) is 66.7 cm³/mol. The molecule has 6 heteroatoms. The third kappa shape index (κ3) is 2.08. The van der Waals surface area contributed by atoms with E-state index < -0.39 is 5.97 Å². The maximum absolute atomic E-state index is 11.3. The van der Waals surface area contributed by atoms with Crippen LogP contribution in [0.3, 0.4) is 0 Å². The molecule has 0 aliphatic heterocycles. The number of fused-ring (bicyclic) bond motifs is 1. The highest BCUT2D eigenvalue weighted by molar-refractivity contribution is 5.86. The summed E-state index contributed by atoms with van der Waals surface area (Å²) in [6.07, 6.45) is 0. The number of benzene rings is 1. The number of hydrogen-bond donors (Lipinski definition) is 0. The molecule has 2 heterocycles. The standard InChI is InChI=1S/C13H11N3O3/c1-18-13(17)12-7-6-9(19-12)8-16-11-5-3-2-4-10(11)14-15-16/h2-7H,8H2,1H3. The average molecular weight is 257 g/mol. The maximum atomic E-state index is 11.3. The van der Waals surface area contributed by atoms with Crippen molar-refractivity contribution in [1.29, 1.82) is 0 Å². The van der Waals surface area contributed by atoms with Crippen LogP contribution in [0.1, 0.15) is 16.3 Å². The van der Waals surface area contributed by atoms with E-state index in [-0.39, 0.29) is 5.76 Å². The molecule has 0 saturated heterocycles. The molecule has 3 rings (SSSR count). The van der Waals surface area contributed by atoms with Crippen molar-refractivity contribution in [2.45, 2.75) is 6.54 Å². The summed E-state index contributed by atoms with van der Waals surface area (Å²) in [6, 6.07) is 11.0. The summed E-state index contributed by atoms with van der Waals surface area (Å²) < 4.78 is 11.7. The van der Waals surface area contributed by atoms with E-state index in [2.05, 4.69) is 15.0 Å². The Balaban J connectivity index is 1.89. The van der Waals surface area contributed by atoms with Gasteiger partial charge in [-0.25, -0.2) is 9.48 Å². The van der Waals surface area contributed by atoms with Crippen molar-refractivity contribution in [3.05, 3.63) is 47.9 Å². The lowest BCUT2D eigenvalue weighted by Gasteiger charge is -1.99. The van der Waals surface area contributed by atoms with Gasteiger partial charge in [-0.15, -0.1) is 5.10 Å². The molecule has 0 amide bonds. The van der Waals surface area contributed by atoms with Crippen LogP contribution in [-0.2, 0) is 11.3 Å². The first-order chi connectivity index (χ1) is 9.28. The number of para-hydroxylation sites is 1. The Kier molecular flexibility index (Phi) is 2.75. The summed E-state index contributed by atoms with van der Waals surface area (Å²) in [5.74, 6) is 0.313. The van der Waals surface area contributed by atoms with Gasteiger partial charge in [0, 0.05) is 0 Å². The SMILES string of the molecule is COC(=O)c1ccc(Cn2nnc3ccccc32)o1. The Morgan fingerprint density at radius 3 is 3.00 bits per heavy atom. The molecule has 3 aromatic rings. The molecular weight excluding hydrogens is 246 g/mol. The highest BCUT2D eigenvalue weighted by atomic mass is 16.5. The number of hydrogen-bond acceptors (Lipinski definition) is 5. The molecule has 6 nitrogen and oxygen atoms in total. The van der Waals surface area contributed by atoms with Crippen LogP contribution in [0.5, 0.6) is 0 Å². The summed E-state index contributed by atoms with van der Waals surface area (Å²) in [7, 11) is 1.31. The largest absolute Gasteiger partial charge is 0.463 e. The Morgan fingerprint density at radius 1 is 1.32 bits per heavy atom. The molecule has 0 N–H and O–H groups in total. The second-order valence-electron chi connectivity index (χ2n) is 3.99. The van der Waals surface area contributed by atoms with Crippen LogP contribution in [0.2, 0.25) is 0 Å². The molecule has 0 radical (unpaired) electrons. The number of nitrogens with zero attached hydrogens (tertiary/aromatic N) is 3. The Hall–Kier alpha value is -2.63. The third-order valence-corrected chi connectivity index (χ3v) is 2.77. The molecule has 96 valence electrons. The quantitative estimate of drug-likeness (QED) is 0.670. The molecule has 0 atom stereocenters. The summed E-state index contributed by atoms with van der Waals surface area (Å²) in [6.45, 7) is 0.414. The van der Waals surface area contributed by atoms with Crippen LogP contribution in [0.4, 0.5) is 0 Å². The fourth-order valence-electron chi connectivity index (χ4n) is 1.85. The third-order valence-electron chi connectivity index (χ3n) is 2.77. The lowest BCUT2D eigenvalue weighted by atomic mass is 10.3. The van der Waals surface area contributed by atoms with E-state index in [9.17, 15) is 4.79 Å². The Morgan fingerprint density at radius 2 is 2.16 bits per heavy atom. The Labute approximate surface area is 108 Å². The number of carbonyl (C=O) groups excluding carboxylic acids is 1. The molecule has 0 aliphatic carbocycles. The monoisotopic (exact) mass is 257 g/mol. The van der Waals surface area contributed by atoms with Gasteiger partial charge in [0.2, 0.25) is 5.76 Å². The minimum absolute atomic E-state index is 0.182. The molecule has 0 aliphatic rings. The molecular formula is C13H11N3O3. The lowest BCUT2D eigenvalue weighted by Crippen LogP contribution is -2.01. The first-order valence-corrected chi connectivity index (χ1v) is 5.73. The van der Waals surface area contributed by atoms with Gasteiger partial charge in [-0.2, -0.15) is 0 Å². The zero-order valence-corrected chi connectivity index (χ0v) is 10.2. The van der Waals surface area contributed by atoms with Gasteiger partial charge in [-0.1, -0.05) is 17.3 Å². The van der Waals surface area contributed by atoms with E-state index in [1.807, 2.05) is 24.3 Å². The minimum atomic E-state index is -0.491. The van der Waals surface area contributed by atoms with Gasteiger partial charge in [-0.05, 0) is 24.3 Å². The molecule has 2 aromatic heterocycles. The van der Waals surface area contributed by atoms with Crippen LogP contribution in [0.15, 0.2) is 40.8 Å². The number of carbonyl (C=O) groups is 1. The van der Waals surface area contributed by atoms with Gasteiger partial charge in [0.1, 0.15) is 17.8 Å². The normalized spacial score (nSPS) is 10.8. The second kappa shape index (κ2) is 4.56. The molecule has 0 fully saturated rings. The zero-order valence-electron chi connectivity index (χ0n) is 10.2. The number of aromatic nitrogens is 3. The highest BCUT2D eigenvalue weighted by Gasteiger charge is 2.12. The van der Waals surface area contributed by atoms with Crippen molar-refractivity contribution in [1.82, 2.24) is 15.0 Å².